The Labute approximate surface area is 145 Å². The van der Waals surface area contributed by atoms with E-state index in [4.69, 9.17) is 5.11 Å². The summed E-state index contributed by atoms with van der Waals surface area (Å²) in [7, 11) is 0. The molecule has 1 aromatic carbocycles. The van der Waals surface area contributed by atoms with Gasteiger partial charge in [-0.15, -0.1) is 11.3 Å². The van der Waals surface area contributed by atoms with Crippen molar-refractivity contribution in [3.8, 4) is 10.6 Å². The second kappa shape index (κ2) is 7.13. The van der Waals surface area contributed by atoms with Gasteiger partial charge in [0.2, 0.25) is 5.91 Å². The Balaban J connectivity index is 1.66. The molecule has 24 heavy (non-hydrogen) atoms. The molecule has 1 saturated heterocycles. The summed E-state index contributed by atoms with van der Waals surface area (Å²) in [5, 5.41) is 11.9. The molecule has 0 saturated carbocycles. The molecular formula is C18H20N2O3S. The number of aromatic nitrogens is 1. The van der Waals surface area contributed by atoms with Crippen molar-refractivity contribution < 1.29 is 14.7 Å². The van der Waals surface area contributed by atoms with Gasteiger partial charge in [0, 0.05) is 24.0 Å². The van der Waals surface area contributed by atoms with E-state index in [2.05, 4.69) is 11.1 Å². The lowest BCUT2D eigenvalue weighted by molar-refractivity contribution is -0.145. The molecule has 0 radical (unpaired) electrons. The third-order valence-corrected chi connectivity index (χ3v) is 5.21. The fourth-order valence-corrected chi connectivity index (χ4v) is 3.79. The maximum absolute atomic E-state index is 12.4. The van der Waals surface area contributed by atoms with Crippen LogP contribution in [0.15, 0.2) is 29.6 Å². The Kier molecular flexibility index (Phi) is 4.94. The number of likely N-dealkylation sites (tertiary alicyclic amines) is 1. The van der Waals surface area contributed by atoms with Crippen LogP contribution in [0.4, 0.5) is 0 Å². The SMILES string of the molecule is Cc1cccc(-c2nc(CC(=O)N3CCCC(C(=O)O)C3)cs2)c1. The van der Waals surface area contributed by atoms with Gasteiger partial charge in [0.05, 0.1) is 18.0 Å². The van der Waals surface area contributed by atoms with E-state index in [-0.39, 0.29) is 12.3 Å². The van der Waals surface area contributed by atoms with Crippen molar-refractivity contribution in [1.82, 2.24) is 9.88 Å². The van der Waals surface area contributed by atoms with Crippen LogP contribution < -0.4 is 0 Å². The van der Waals surface area contributed by atoms with Crippen LogP contribution >= 0.6 is 11.3 Å². The Morgan fingerprint density at radius 2 is 2.25 bits per heavy atom. The highest BCUT2D eigenvalue weighted by Crippen LogP contribution is 2.25. The van der Waals surface area contributed by atoms with Crippen LogP contribution in [-0.2, 0) is 16.0 Å². The van der Waals surface area contributed by atoms with Crippen molar-refractivity contribution >= 4 is 23.2 Å². The van der Waals surface area contributed by atoms with Crippen molar-refractivity contribution in [3.63, 3.8) is 0 Å². The molecular weight excluding hydrogens is 324 g/mol. The number of amides is 1. The van der Waals surface area contributed by atoms with E-state index >= 15 is 0 Å². The van der Waals surface area contributed by atoms with Gasteiger partial charge >= 0.3 is 5.97 Å². The largest absolute Gasteiger partial charge is 0.481 e. The monoisotopic (exact) mass is 344 g/mol. The van der Waals surface area contributed by atoms with Crippen molar-refractivity contribution in [2.75, 3.05) is 13.1 Å². The standard InChI is InChI=1S/C18H20N2O3S/c1-12-4-2-5-13(8-12)17-19-15(11-24-17)9-16(21)20-7-3-6-14(10-20)18(22)23/h2,4-5,8,11,14H,3,6-7,9-10H2,1H3,(H,22,23). The first-order valence-corrected chi connectivity index (χ1v) is 8.93. The fourth-order valence-electron chi connectivity index (χ4n) is 2.97. The summed E-state index contributed by atoms with van der Waals surface area (Å²) in [5.74, 6) is -1.30. The van der Waals surface area contributed by atoms with Gasteiger partial charge in [-0.3, -0.25) is 9.59 Å². The zero-order chi connectivity index (χ0) is 17.1. The van der Waals surface area contributed by atoms with Gasteiger partial charge in [-0.1, -0.05) is 23.8 Å². The number of carboxylic acids is 1. The van der Waals surface area contributed by atoms with Crippen LogP contribution in [0, 0.1) is 12.8 Å². The molecule has 0 spiro atoms. The molecule has 2 aromatic rings. The fraction of sp³-hybridized carbons (Fsp3) is 0.389. The van der Waals surface area contributed by atoms with Gasteiger partial charge in [-0.25, -0.2) is 4.98 Å². The average Bonchev–Trinajstić information content (AvgIpc) is 3.03. The lowest BCUT2D eigenvalue weighted by atomic mass is 9.98. The van der Waals surface area contributed by atoms with Crippen molar-refractivity contribution in [3.05, 3.63) is 40.9 Å². The van der Waals surface area contributed by atoms with E-state index < -0.39 is 11.9 Å². The van der Waals surface area contributed by atoms with Crippen molar-refractivity contribution in [1.29, 1.82) is 0 Å². The summed E-state index contributed by atoms with van der Waals surface area (Å²) >= 11 is 1.53. The van der Waals surface area contributed by atoms with Gasteiger partial charge in [0.15, 0.2) is 0 Å². The number of hydrogen-bond donors (Lipinski definition) is 1. The average molecular weight is 344 g/mol. The predicted molar refractivity (Wildman–Crippen MR) is 92.9 cm³/mol. The van der Waals surface area contributed by atoms with E-state index in [1.165, 1.54) is 16.9 Å². The molecule has 1 unspecified atom stereocenters. The number of carbonyl (C=O) groups is 2. The minimum absolute atomic E-state index is 0.0398. The number of carboxylic acid groups (broad SMARTS) is 1. The highest BCUT2D eigenvalue weighted by atomic mass is 32.1. The summed E-state index contributed by atoms with van der Waals surface area (Å²) < 4.78 is 0. The number of carbonyl (C=O) groups excluding carboxylic acids is 1. The van der Waals surface area contributed by atoms with Crippen LogP contribution in [0.2, 0.25) is 0 Å². The van der Waals surface area contributed by atoms with Crippen LogP contribution in [0.25, 0.3) is 10.6 Å². The molecule has 1 N–H and O–H groups in total. The van der Waals surface area contributed by atoms with Crippen molar-refractivity contribution in [2.45, 2.75) is 26.2 Å². The molecule has 1 amide bonds. The quantitative estimate of drug-likeness (QED) is 0.926. The summed E-state index contributed by atoms with van der Waals surface area (Å²) in [4.78, 5) is 29.8. The Hall–Kier alpha value is -2.21. The van der Waals surface area contributed by atoms with E-state index in [0.29, 0.717) is 19.5 Å². The topological polar surface area (TPSA) is 70.5 Å². The summed E-state index contributed by atoms with van der Waals surface area (Å²) in [5.41, 5.74) is 2.98. The van der Waals surface area contributed by atoms with Crippen LogP contribution in [0.3, 0.4) is 0 Å². The molecule has 0 bridgehead atoms. The molecule has 1 aliphatic heterocycles. The number of benzene rings is 1. The van der Waals surface area contributed by atoms with E-state index in [1.807, 2.05) is 30.5 Å². The van der Waals surface area contributed by atoms with Gasteiger partial charge in [-0.05, 0) is 25.8 Å². The number of piperidine rings is 1. The summed E-state index contributed by atoms with van der Waals surface area (Å²) in [6.07, 6.45) is 1.62. The van der Waals surface area contributed by atoms with Crippen LogP contribution in [0.5, 0.6) is 0 Å². The highest BCUT2D eigenvalue weighted by Gasteiger charge is 2.28. The number of hydrogen-bond acceptors (Lipinski definition) is 4. The Morgan fingerprint density at radius 3 is 3.00 bits per heavy atom. The molecule has 126 valence electrons. The first kappa shape index (κ1) is 16.6. The zero-order valence-corrected chi connectivity index (χ0v) is 14.4. The molecule has 3 rings (SSSR count). The first-order valence-electron chi connectivity index (χ1n) is 8.05. The number of nitrogens with zero attached hydrogens (tertiary/aromatic N) is 2. The summed E-state index contributed by atoms with van der Waals surface area (Å²) in [6.45, 7) is 2.98. The van der Waals surface area contributed by atoms with E-state index in [1.54, 1.807) is 4.90 Å². The molecule has 1 aromatic heterocycles. The third kappa shape index (κ3) is 3.82. The first-order chi connectivity index (χ1) is 11.5. The molecule has 1 fully saturated rings. The van der Waals surface area contributed by atoms with E-state index in [9.17, 15) is 9.59 Å². The lowest BCUT2D eigenvalue weighted by Crippen LogP contribution is -2.43. The molecule has 6 heteroatoms. The minimum atomic E-state index is -0.817. The van der Waals surface area contributed by atoms with Gasteiger partial charge in [-0.2, -0.15) is 0 Å². The molecule has 5 nitrogen and oxygen atoms in total. The van der Waals surface area contributed by atoms with Crippen LogP contribution in [0.1, 0.15) is 24.1 Å². The normalized spacial score (nSPS) is 17.7. The smallest absolute Gasteiger partial charge is 0.308 e. The Bertz CT molecular complexity index is 756. The number of rotatable bonds is 4. The van der Waals surface area contributed by atoms with Crippen LogP contribution in [-0.4, -0.2) is 40.0 Å². The lowest BCUT2D eigenvalue weighted by Gasteiger charge is -2.30. The second-order valence-electron chi connectivity index (χ2n) is 6.21. The molecule has 1 atom stereocenters. The van der Waals surface area contributed by atoms with E-state index in [0.717, 1.165) is 22.7 Å². The maximum atomic E-state index is 12.4. The molecule has 1 aliphatic rings. The van der Waals surface area contributed by atoms with Gasteiger partial charge < -0.3 is 10.0 Å². The molecule has 2 heterocycles. The predicted octanol–water partition coefficient (Wildman–Crippen LogP) is 2.98. The van der Waals surface area contributed by atoms with Gasteiger partial charge in [0.25, 0.3) is 0 Å². The minimum Gasteiger partial charge on any atom is -0.481 e. The number of thiazole rings is 1. The highest BCUT2D eigenvalue weighted by molar-refractivity contribution is 7.13. The third-order valence-electron chi connectivity index (χ3n) is 4.27. The Morgan fingerprint density at radius 1 is 1.42 bits per heavy atom. The summed E-state index contributed by atoms with van der Waals surface area (Å²) in [6, 6.07) is 8.12. The van der Waals surface area contributed by atoms with Crippen molar-refractivity contribution in [2.24, 2.45) is 5.92 Å². The number of aliphatic carboxylic acids is 1. The zero-order valence-electron chi connectivity index (χ0n) is 13.6. The molecule has 0 aliphatic carbocycles. The number of aryl methyl sites for hydroxylation is 1. The second-order valence-corrected chi connectivity index (χ2v) is 7.07. The maximum Gasteiger partial charge on any atom is 0.308 e. The van der Waals surface area contributed by atoms with Gasteiger partial charge in [0.1, 0.15) is 5.01 Å².